The summed E-state index contributed by atoms with van der Waals surface area (Å²) in [6.45, 7) is 4.56. The van der Waals surface area contributed by atoms with E-state index < -0.39 is 10.7 Å². The Morgan fingerprint density at radius 3 is 1.71 bits per heavy atom. The molecule has 0 spiro atoms. The summed E-state index contributed by atoms with van der Waals surface area (Å²) in [4.78, 5) is 2.78. The van der Waals surface area contributed by atoms with Crippen LogP contribution in [-0.2, 0) is 5.21 Å². The minimum Gasteiger partial charge on any atom is -0.493 e. The lowest BCUT2D eigenvalue weighted by molar-refractivity contribution is -0.0939. The van der Waals surface area contributed by atoms with Crippen molar-refractivity contribution < 1.29 is 14.6 Å². The van der Waals surface area contributed by atoms with Gasteiger partial charge in [0.2, 0.25) is 0 Å². The van der Waals surface area contributed by atoms with Crippen LogP contribution in [0, 0.1) is 5.92 Å². The predicted molar refractivity (Wildman–Crippen MR) is 183 cm³/mol. The van der Waals surface area contributed by atoms with Crippen molar-refractivity contribution in [3.63, 3.8) is 0 Å². The number of nitrogens with zero attached hydrogens (tertiary/aromatic N) is 1. The van der Waals surface area contributed by atoms with E-state index in [0.29, 0.717) is 5.92 Å². The summed E-state index contributed by atoms with van der Waals surface area (Å²) in [7, 11) is 31.1. The molecule has 2 heterocycles. The molecule has 3 rings (SSSR count). The van der Waals surface area contributed by atoms with Gasteiger partial charge in [-0.15, -0.1) is 0 Å². The fraction of sp³-hybridized carbons (Fsp3) is 0.684. The van der Waals surface area contributed by atoms with Crippen LogP contribution in [0.2, 0.25) is 10.5 Å². The van der Waals surface area contributed by atoms with E-state index in [2.05, 4.69) is 113 Å². The fourth-order valence-electron chi connectivity index (χ4n) is 8.47. The van der Waals surface area contributed by atoms with Crippen LogP contribution in [0.15, 0.2) is 0 Å². The van der Waals surface area contributed by atoms with E-state index >= 15 is 0 Å². The summed E-state index contributed by atoms with van der Waals surface area (Å²) < 4.78 is 11.9. The Kier molecular flexibility index (Phi) is 6.86. The molecular weight excluding hydrogens is 420 g/mol. The summed E-state index contributed by atoms with van der Waals surface area (Å²) >= 11 is 0. The van der Waals surface area contributed by atoms with E-state index in [4.69, 9.17) is 9.47 Å². The number of benzene rings is 1. The number of hydrogen-bond donors (Lipinski definition) is 1. The maximum atomic E-state index is 12.7. The highest BCUT2D eigenvalue weighted by Crippen LogP contribution is 2.70. The van der Waals surface area contributed by atoms with Crippen LogP contribution in [0.5, 0.6) is 11.5 Å². The van der Waals surface area contributed by atoms with Gasteiger partial charge >= 0.3 is 0 Å². The van der Waals surface area contributed by atoms with Gasteiger partial charge in [-0.1, -0.05) is 31.0 Å². The Morgan fingerprint density at radius 1 is 0.829 bits per heavy atom. The highest BCUT2D eigenvalue weighted by molar-refractivity contribution is 6.59. The molecule has 16 heteroatoms. The summed E-state index contributed by atoms with van der Waals surface area (Å²) in [6.07, 6.45) is 0.951. The van der Waals surface area contributed by atoms with E-state index in [-0.39, 0.29) is 27.2 Å². The quantitative estimate of drug-likeness (QED) is 0.453. The zero-order valence-corrected chi connectivity index (χ0v) is 25.6. The van der Waals surface area contributed by atoms with Crippen molar-refractivity contribution in [2.45, 2.75) is 58.2 Å². The lowest BCUT2D eigenvalue weighted by Gasteiger charge is -2.79. The van der Waals surface area contributed by atoms with Gasteiger partial charge in [-0.3, -0.25) is 0 Å². The Labute approximate surface area is 225 Å². The second-order valence-electron chi connectivity index (χ2n) is 14.3. The van der Waals surface area contributed by atoms with Gasteiger partial charge in [-0.25, -0.2) is 0 Å². The lowest BCUT2D eigenvalue weighted by atomic mass is 9.17. The van der Waals surface area contributed by atoms with Crippen molar-refractivity contribution in [2.75, 3.05) is 14.2 Å². The number of hydrogen-bond acceptors (Lipinski definition) is 4. The second kappa shape index (κ2) is 8.26. The zero-order chi connectivity index (χ0) is 27.3. The highest BCUT2D eigenvalue weighted by Gasteiger charge is 2.71. The van der Waals surface area contributed by atoms with Crippen molar-refractivity contribution in [3.05, 3.63) is 11.1 Å². The van der Waals surface area contributed by atoms with Gasteiger partial charge in [-0.2, -0.15) is 0 Å². The number of ether oxygens (including phenoxy) is 2. The highest BCUT2D eigenvalue weighted by atomic mass is 16.5. The predicted octanol–water partition coefficient (Wildman–Crippen LogP) is -10.6. The third-order valence-corrected chi connectivity index (χ3v) is 11.4. The number of methoxy groups -OCH3 is 2. The largest absolute Gasteiger partial charge is 0.493 e. The normalized spacial score (nSPS) is 32.3. The zero-order valence-electron chi connectivity index (χ0n) is 25.6. The number of piperidine rings is 1. The monoisotopic (exact) mass is 463 g/mol. The third-order valence-electron chi connectivity index (χ3n) is 11.4. The van der Waals surface area contributed by atoms with Gasteiger partial charge in [0, 0.05) is 11.5 Å². The molecule has 0 saturated carbocycles. The topological polar surface area (TPSA) is 41.9 Å². The third kappa shape index (κ3) is 3.30. The molecule has 0 aliphatic carbocycles. The number of fused-ring (bicyclic) bond motifs is 3. The lowest BCUT2D eigenvalue weighted by Crippen LogP contribution is -2.85. The van der Waals surface area contributed by atoms with Crippen molar-refractivity contribution in [1.82, 2.24) is 4.90 Å². The van der Waals surface area contributed by atoms with E-state index in [0.717, 1.165) is 28.8 Å². The molecule has 0 radical (unpaired) electrons. The van der Waals surface area contributed by atoms with Crippen LogP contribution in [-0.4, -0.2) is 135 Å². The number of rotatable bonds is 4. The average Bonchev–Trinajstić information content (AvgIpc) is 2.69. The van der Waals surface area contributed by atoms with E-state index in [1.807, 2.05) is 0 Å². The van der Waals surface area contributed by atoms with Crippen LogP contribution >= 0.6 is 0 Å². The molecule has 4 nitrogen and oxygen atoms in total. The molecule has 3 atom stereocenters. The van der Waals surface area contributed by atoms with Gasteiger partial charge < -0.3 is 19.5 Å². The van der Waals surface area contributed by atoms with Crippen molar-refractivity contribution in [1.29, 1.82) is 0 Å². The van der Waals surface area contributed by atoms with Crippen LogP contribution < -0.4 is 20.4 Å². The van der Waals surface area contributed by atoms with Gasteiger partial charge in [0.15, 0.2) is 11.5 Å². The van der Waals surface area contributed by atoms with Gasteiger partial charge in [-0.05, 0) is 43.6 Å². The first kappa shape index (κ1) is 29.1. The summed E-state index contributed by atoms with van der Waals surface area (Å²) in [5.41, 5.74) is 3.99. The van der Waals surface area contributed by atoms with Gasteiger partial charge in [0.05, 0.1) is 14.2 Å². The van der Waals surface area contributed by atoms with Crippen molar-refractivity contribution in [3.8, 4) is 11.5 Å². The van der Waals surface area contributed by atoms with Crippen molar-refractivity contribution >= 4 is 105 Å². The molecule has 3 unspecified atom stereocenters. The smallest absolute Gasteiger partial charge is 0.154 e. The standard InChI is InChI=1S/C19H41B12NO3/c1-6(2)5-14(22)17(27,33)16(25,26)13-7-8(10(21)12(35-4)11(34-3)9(7)20)15(23,24)19(30,31)32(13)18(14,28)29/h6,13,33H,5,20-31H2,1-4H3. The summed E-state index contributed by atoms with van der Waals surface area (Å²) in [6, 6.07) is 0.00395. The van der Waals surface area contributed by atoms with Crippen molar-refractivity contribution in [2.24, 2.45) is 5.92 Å². The molecule has 1 saturated heterocycles. The van der Waals surface area contributed by atoms with Crippen LogP contribution in [0.25, 0.3) is 0 Å². The SMILES string of the molecule is Bc1c(OC)c(OC)c(B)c2c1C1N(C(B)(B)C2(B)B)C(B)(B)C(B)(CC(C)C)C(B)(O)C1(B)B. The van der Waals surface area contributed by atoms with Crippen LogP contribution in [0.4, 0.5) is 0 Å². The Balaban J connectivity index is 2.59. The molecule has 35 heavy (non-hydrogen) atoms. The summed E-state index contributed by atoms with van der Waals surface area (Å²) in [5.74, 6) is 2.10. The molecule has 1 N–H and O–H groups in total. The Bertz CT molecular complexity index is 1040. The molecule has 0 aromatic heterocycles. The van der Waals surface area contributed by atoms with Gasteiger partial charge in [0.1, 0.15) is 94.2 Å². The van der Waals surface area contributed by atoms with E-state index in [1.165, 1.54) is 11.1 Å². The average molecular weight is 461 g/mol. The first-order chi connectivity index (χ1) is 15.6. The minimum absolute atomic E-state index is 0.00395. The molecule has 176 valence electrons. The minimum atomic E-state index is -0.919. The van der Waals surface area contributed by atoms with Crippen LogP contribution in [0.1, 0.15) is 37.4 Å². The maximum Gasteiger partial charge on any atom is 0.154 e. The maximum absolute atomic E-state index is 12.7. The van der Waals surface area contributed by atoms with Crippen LogP contribution in [0.3, 0.4) is 0 Å². The summed E-state index contributed by atoms with van der Waals surface area (Å²) in [5, 5.41) is 11.2. The van der Waals surface area contributed by atoms with E-state index in [1.54, 1.807) is 14.2 Å². The molecule has 2 aliphatic heterocycles. The second-order valence-corrected chi connectivity index (χ2v) is 14.3. The number of aliphatic hydroxyl groups is 1. The first-order valence-corrected chi connectivity index (χ1v) is 13.4. The molecule has 1 aromatic rings. The molecule has 1 aromatic carbocycles. The molecular formula is C19H41B12NO3. The van der Waals surface area contributed by atoms with Gasteiger partial charge in [0.25, 0.3) is 0 Å². The fourth-order valence-corrected chi connectivity index (χ4v) is 8.47. The Hall–Kier alpha value is -0.481. The molecule has 0 amide bonds. The first-order valence-electron chi connectivity index (χ1n) is 13.4. The molecule has 0 bridgehead atoms. The van der Waals surface area contributed by atoms with E-state index in [9.17, 15) is 5.11 Å². The molecule has 2 aliphatic rings. The Morgan fingerprint density at radius 2 is 1.29 bits per heavy atom. The molecule has 1 fully saturated rings.